The molecule has 2 aromatic rings. The largest absolute Gasteiger partial charge is 0.342 e. The molecule has 3 saturated heterocycles. The van der Waals surface area contributed by atoms with Crippen molar-refractivity contribution in [3.8, 4) is 0 Å². The fraction of sp³-hybridized carbons (Fsp3) is 0.550. The van der Waals surface area contributed by atoms with Crippen LogP contribution in [0.5, 0.6) is 0 Å². The molecule has 0 unspecified atom stereocenters. The maximum absolute atomic E-state index is 14.5. The Bertz CT molecular complexity index is 1600. The number of benzene rings is 2. The van der Waals surface area contributed by atoms with Crippen LogP contribution in [0.1, 0.15) is 70.4 Å². The van der Waals surface area contributed by atoms with Crippen molar-refractivity contribution in [1.82, 2.24) is 30.2 Å². The number of hydrogen-bond donors (Lipinski definition) is 2. The van der Waals surface area contributed by atoms with E-state index >= 15 is 0 Å². The number of amides is 6. The summed E-state index contributed by atoms with van der Waals surface area (Å²) in [7, 11) is 3.13. The molecule has 280 valence electrons. The summed E-state index contributed by atoms with van der Waals surface area (Å²) in [6, 6.07) is 13.1. The van der Waals surface area contributed by atoms with E-state index in [1.165, 1.54) is 14.7 Å². The third-order valence-electron chi connectivity index (χ3n) is 11.3. The van der Waals surface area contributed by atoms with Gasteiger partial charge < -0.3 is 30.2 Å². The van der Waals surface area contributed by atoms with Crippen LogP contribution in [-0.2, 0) is 41.6 Å². The van der Waals surface area contributed by atoms with Crippen molar-refractivity contribution in [2.24, 2.45) is 5.92 Å². The highest BCUT2D eigenvalue weighted by Gasteiger charge is 2.44. The lowest BCUT2D eigenvalue weighted by Crippen LogP contribution is -2.63. The minimum Gasteiger partial charge on any atom is -0.342 e. The average molecular weight is 715 g/mol. The van der Waals surface area contributed by atoms with E-state index in [0.29, 0.717) is 45.2 Å². The fourth-order valence-corrected chi connectivity index (χ4v) is 7.66. The number of likely N-dealkylation sites (N-methyl/N-ethyl adjacent to an activating group) is 2. The lowest BCUT2D eigenvalue weighted by atomic mass is 9.93. The Hall–Kier alpha value is -4.74. The molecule has 7 atom stereocenters. The molecule has 3 heterocycles. The SMILES string of the molecule is CC[C@H](C)[C@@H]1NC(=O)[C@@H](Cc2ccccc2)NC(=O)[C@@H]2CCCN2C(=O)[C@@H](Cc2ccccc2)N(C)C(=O)[C@H](C)N(C)C(=O)[C@H]2CCCCN2C1=O. The zero-order valence-corrected chi connectivity index (χ0v) is 31.1. The van der Waals surface area contributed by atoms with Crippen LogP contribution in [0.4, 0.5) is 0 Å². The molecule has 0 saturated carbocycles. The van der Waals surface area contributed by atoms with Gasteiger partial charge in [0, 0.05) is 40.0 Å². The van der Waals surface area contributed by atoms with Crippen LogP contribution in [0.3, 0.4) is 0 Å². The van der Waals surface area contributed by atoms with Gasteiger partial charge in [0.2, 0.25) is 35.4 Å². The third-order valence-corrected chi connectivity index (χ3v) is 11.3. The standard InChI is InChI=1S/C40H54N6O6/c1-6-26(2)34-40(52)46-22-14-13-20-32(46)38(50)43(4)27(3)37(49)44(5)33(25-29-18-11-8-12-19-29)39(51)45-23-15-21-31(45)36(48)41-30(35(47)42-34)24-28-16-9-7-10-17-28/h7-12,16-19,26-27,30-34H,6,13-15,20-25H2,1-5H3,(H,41,48)(H,42,47)/t26-,27-,30+,31-,32+,33+,34-/m0/s1. The molecule has 0 radical (unpaired) electrons. The maximum Gasteiger partial charge on any atom is 0.246 e. The van der Waals surface area contributed by atoms with Gasteiger partial charge in [0.15, 0.2) is 0 Å². The molecular weight excluding hydrogens is 660 g/mol. The van der Waals surface area contributed by atoms with E-state index in [4.69, 9.17) is 0 Å². The number of nitrogens with zero attached hydrogens (tertiary/aromatic N) is 4. The van der Waals surface area contributed by atoms with Gasteiger partial charge in [-0.05, 0) is 56.1 Å². The van der Waals surface area contributed by atoms with Crippen molar-refractivity contribution in [2.45, 2.75) is 108 Å². The van der Waals surface area contributed by atoms with E-state index in [0.717, 1.165) is 17.5 Å². The highest BCUT2D eigenvalue weighted by atomic mass is 16.2. The van der Waals surface area contributed by atoms with Gasteiger partial charge in [0.05, 0.1) is 0 Å². The lowest BCUT2D eigenvalue weighted by Gasteiger charge is -2.41. The molecule has 3 aliphatic rings. The highest BCUT2D eigenvalue weighted by Crippen LogP contribution is 2.26. The van der Waals surface area contributed by atoms with Crippen molar-refractivity contribution in [2.75, 3.05) is 27.2 Å². The van der Waals surface area contributed by atoms with Crippen LogP contribution in [0.25, 0.3) is 0 Å². The van der Waals surface area contributed by atoms with E-state index < -0.39 is 54.0 Å². The molecule has 0 bridgehead atoms. The fourth-order valence-electron chi connectivity index (χ4n) is 7.66. The monoisotopic (exact) mass is 714 g/mol. The van der Waals surface area contributed by atoms with Crippen LogP contribution >= 0.6 is 0 Å². The first kappa shape index (κ1) is 38.5. The van der Waals surface area contributed by atoms with Crippen molar-refractivity contribution >= 4 is 35.4 Å². The van der Waals surface area contributed by atoms with Crippen LogP contribution in [0, 0.1) is 5.92 Å². The number of carbonyl (C=O) groups is 6. The predicted molar refractivity (Wildman–Crippen MR) is 196 cm³/mol. The van der Waals surface area contributed by atoms with Crippen molar-refractivity contribution in [3.63, 3.8) is 0 Å². The van der Waals surface area contributed by atoms with Gasteiger partial charge in [-0.25, -0.2) is 0 Å². The molecule has 0 spiro atoms. The summed E-state index contributed by atoms with van der Waals surface area (Å²) in [6.07, 6.45) is 3.78. The predicted octanol–water partition coefficient (Wildman–Crippen LogP) is 2.55. The van der Waals surface area contributed by atoms with Crippen molar-refractivity contribution in [3.05, 3.63) is 71.8 Å². The molecule has 52 heavy (non-hydrogen) atoms. The highest BCUT2D eigenvalue weighted by molar-refractivity contribution is 5.98. The second-order valence-electron chi connectivity index (χ2n) is 14.6. The zero-order valence-electron chi connectivity index (χ0n) is 31.1. The molecule has 12 heteroatoms. The topological polar surface area (TPSA) is 139 Å². The van der Waals surface area contributed by atoms with Gasteiger partial charge in [-0.2, -0.15) is 0 Å². The van der Waals surface area contributed by atoms with Gasteiger partial charge in [-0.15, -0.1) is 0 Å². The number of carbonyl (C=O) groups excluding carboxylic acids is 6. The Morgan fingerprint density at radius 3 is 1.87 bits per heavy atom. The maximum atomic E-state index is 14.5. The minimum atomic E-state index is -1.04. The zero-order chi connectivity index (χ0) is 37.5. The van der Waals surface area contributed by atoms with Gasteiger partial charge in [0.25, 0.3) is 0 Å². The molecule has 3 aliphatic heterocycles. The van der Waals surface area contributed by atoms with Crippen LogP contribution in [0.15, 0.2) is 60.7 Å². The number of fused-ring (bicyclic) bond motifs is 2. The molecule has 5 rings (SSSR count). The van der Waals surface area contributed by atoms with E-state index in [1.807, 2.05) is 74.5 Å². The Morgan fingerprint density at radius 1 is 0.654 bits per heavy atom. The smallest absolute Gasteiger partial charge is 0.246 e. The summed E-state index contributed by atoms with van der Waals surface area (Å²) in [4.78, 5) is 91.7. The number of hydrogen-bond acceptors (Lipinski definition) is 6. The first-order valence-corrected chi connectivity index (χ1v) is 18.8. The second-order valence-corrected chi connectivity index (χ2v) is 14.6. The summed E-state index contributed by atoms with van der Waals surface area (Å²) in [6.45, 7) is 6.11. The quantitative estimate of drug-likeness (QED) is 0.472. The summed E-state index contributed by atoms with van der Waals surface area (Å²) < 4.78 is 0. The molecule has 0 aliphatic carbocycles. The number of rotatable bonds is 6. The molecule has 2 aromatic carbocycles. The van der Waals surface area contributed by atoms with Crippen LogP contribution in [-0.4, -0.2) is 118 Å². The Balaban J connectivity index is 1.58. The van der Waals surface area contributed by atoms with E-state index in [-0.39, 0.29) is 36.5 Å². The molecule has 3 fully saturated rings. The summed E-state index contributed by atoms with van der Waals surface area (Å²) >= 11 is 0. The lowest BCUT2D eigenvalue weighted by molar-refractivity contribution is -0.155. The summed E-state index contributed by atoms with van der Waals surface area (Å²) in [5.74, 6) is -2.76. The Kier molecular flexibility index (Phi) is 12.7. The average Bonchev–Trinajstić information content (AvgIpc) is 3.67. The van der Waals surface area contributed by atoms with Crippen molar-refractivity contribution in [1.29, 1.82) is 0 Å². The first-order valence-electron chi connectivity index (χ1n) is 18.8. The Labute approximate surface area is 307 Å². The van der Waals surface area contributed by atoms with Gasteiger partial charge in [0.1, 0.15) is 36.3 Å². The second kappa shape index (κ2) is 17.2. The van der Waals surface area contributed by atoms with E-state index in [2.05, 4.69) is 10.6 Å². The summed E-state index contributed by atoms with van der Waals surface area (Å²) in [5.41, 5.74) is 1.66. The van der Waals surface area contributed by atoms with Gasteiger partial charge in [-0.3, -0.25) is 28.8 Å². The third kappa shape index (κ3) is 8.48. The number of piperidine rings is 1. The Morgan fingerprint density at radius 2 is 1.23 bits per heavy atom. The van der Waals surface area contributed by atoms with Crippen molar-refractivity contribution < 1.29 is 28.8 Å². The summed E-state index contributed by atoms with van der Waals surface area (Å²) in [5, 5.41) is 5.94. The molecule has 0 aromatic heterocycles. The van der Waals surface area contributed by atoms with E-state index in [1.54, 1.807) is 25.9 Å². The van der Waals surface area contributed by atoms with Crippen LogP contribution < -0.4 is 10.6 Å². The molecule has 6 amide bonds. The molecule has 12 nitrogen and oxygen atoms in total. The molecule has 2 N–H and O–H groups in total. The van der Waals surface area contributed by atoms with Gasteiger partial charge in [-0.1, -0.05) is 80.9 Å². The molecular formula is C40H54N6O6. The number of nitrogens with one attached hydrogen (secondary N) is 2. The van der Waals surface area contributed by atoms with E-state index in [9.17, 15) is 28.8 Å². The van der Waals surface area contributed by atoms with Gasteiger partial charge >= 0.3 is 0 Å². The van der Waals surface area contributed by atoms with Crippen LogP contribution in [0.2, 0.25) is 0 Å². The first-order chi connectivity index (χ1) is 24.9. The normalized spacial score (nSPS) is 27.7. The minimum absolute atomic E-state index is 0.169.